The van der Waals surface area contributed by atoms with Crippen molar-refractivity contribution in [3.63, 3.8) is 0 Å². The molecule has 0 aliphatic carbocycles. The van der Waals surface area contributed by atoms with Gasteiger partial charge in [0.05, 0.1) is 6.54 Å². The van der Waals surface area contributed by atoms with E-state index in [4.69, 9.17) is 0 Å². The monoisotopic (exact) mass is 294 g/mol. The molecule has 2 aromatic rings. The number of hydrogen-bond donors (Lipinski definition) is 0. The fourth-order valence-corrected chi connectivity index (χ4v) is 2.67. The third-order valence-corrected chi connectivity index (χ3v) is 3.63. The molecular formula is C13H12BrFN2. The van der Waals surface area contributed by atoms with Crippen molar-refractivity contribution < 1.29 is 4.39 Å². The van der Waals surface area contributed by atoms with Gasteiger partial charge in [-0.25, -0.2) is 9.37 Å². The van der Waals surface area contributed by atoms with Crippen molar-refractivity contribution in [3.8, 4) is 0 Å². The Kier molecular flexibility index (Phi) is 2.74. The number of anilines is 1. The van der Waals surface area contributed by atoms with Crippen LogP contribution < -0.4 is 4.90 Å². The summed E-state index contributed by atoms with van der Waals surface area (Å²) in [5.41, 5.74) is 0. The summed E-state index contributed by atoms with van der Waals surface area (Å²) in [5.74, 6) is 0.898. The van der Waals surface area contributed by atoms with Crippen LogP contribution in [0.15, 0.2) is 34.9 Å². The van der Waals surface area contributed by atoms with E-state index < -0.39 is 6.17 Å². The molecule has 2 heterocycles. The number of alkyl halides is 1. The standard InChI is InChI=1S/C13H12BrFN2/c14-10-1-2-12-9(7-10)3-5-16-13(12)17-6-4-11(15)8-17/h1-3,5,7,11H,4,6,8H2/t11-/m1/s1. The summed E-state index contributed by atoms with van der Waals surface area (Å²) in [5, 5.41) is 2.22. The van der Waals surface area contributed by atoms with Crippen LogP contribution in [-0.2, 0) is 0 Å². The number of hydrogen-bond acceptors (Lipinski definition) is 2. The second-order valence-corrected chi connectivity index (χ2v) is 5.25. The molecule has 0 bridgehead atoms. The Hall–Kier alpha value is -1.16. The topological polar surface area (TPSA) is 16.1 Å². The normalized spacial score (nSPS) is 20.1. The van der Waals surface area contributed by atoms with Crippen molar-refractivity contribution >= 4 is 32.5 Å². The molecule has 1 atom stereocenters. The largest absolute Gasteiger partial charge is 0.353 e. The smallest absolute Gasteiger partial charge is 0.136 e. The molecular weight excluding hydrogens is 283 g/mol. The predicted molar refractivity (Wildman–Crippen MR) is 71.2 cm³/mol. The van der Waals surface area contributed by atoms with Gasteiger partial charge in [0.25, 0.3) is 0 Å². The van der Waals surface area contributed by atoms with E-state index in [0.29, 0.717) is 13.0 Å². The van der Waals surface area contributed by atoms with Gasteiger partial charge in [0, 0.05) is 22.6 Å². The third kappa shape index (κ3) is 2.02. The highest BCUT2D eigenvalue weighted by Crippen LogP contribution is 2.29. The summed E-state index contributed by atoms with van der Waals surface area (Å²) in [6.07, 6.45) is 1.67. The lowest BCUT2D eigenvalue weighted by Gasteiger charge is -2.18. The first-order valence-corrected chi connectivity index (χ1v) is 6.46. The lowest BCUT2D eigenvalue weighted by molar-refractivity contribution is 0.364. The molecule has 1 aromatic carbocycles. The van der Waals surface area contributed by atoms with Crippen LogP contribution in [-0.4, -0.2) is 24.2 Å². The molecule has 0 saturated carbocycles. The molecule has 0 spiro atoms. The van der Waals surface area contributed by atoms with Crippen LogP contribution >= 0.6 is 15.9 Å². The molecule has 0 radical (unpaired) electrons. The quantitative estimate of drug-likeness (QED) is 0.800. The Labute approximate surface area is 108 Å². The molecule has 1 aromatic heterocycles. The van der Waals surface area contributed by atoms with E-state index in [1.165, 1.54) is 0 Å². The van der Waals surface area contributed by atoms with Gasteiger partial charge in [0.1, 0.15) is 12.0 Å². The lowest BCUT2D eigenvalue weighted by Crippen LogP contribution is -2.21. The first kappa shape index (κ1) is 11.0. The maximum absolute atomic E-state index is 13.2. The van der Waals surface area contributed by atoms with Crippen LogP contribution in [0.5, 0.6) is 0 Å². The molecule has 0 unspecified atom stereocenters. The van der Waals surface area contributed by atoms with Crippen molar-refractivity contribution in [1.82, 2.24) is 4.98 Å². The highest BCUT2D eigenvalue weighted by atomic mass is 79.9. The molecule has 0 amide bonds. The minimum Gasteiger partial charge on any atom is -0.353 e. The van der Waals surface area contributed by atoms with Gasteiger partial charge in [0.2, 0.25) is 0 Å². The van der Waals surface area contributed by atoms with Crippen LogP contribution in [0.3, 0.4) is 0 Å². The van der Waals surface area contributed by atoms with Crippen LogP contribution in [0.1, 0.15) is 6.42 Å². The van der Waals surface area contributed by atoms with Crippen molar-refractivity contribution in [1.29, 1.82) is 0 Å². The Morgan fingerprint density at radius 2 is 2.24 bits per heavy atom. The van der Waals surface area contributed by atoms with Crippen LogP contribution in [0.25, 0.3) is 10.8 Å². The van der Waals surface area contributed by atoms with Gasteiger partial charge < -0.3 is 4.90 Å². The molecule has 1 aliphatic heterocycles. The van der Waals surface area contributed by atoms with E-state index in [9.17, 15) is 4.39 Å². The van der Waals surface area contributed by atoms with Crippen molar-refractivity contribution in [2.24, 2.45) is 0 Å². The third-order valence-electron chi connectivity index (χ3n) is 3.14. The summed E-state index contributed by atoms with van der Waals surface area (Å²) < 4.78 is 14.3. The molecule has 3 rings (SSSR count). The van der Waals surface area contributed by atoms with E-state index in [1.807, 2.05) is 23.1 Å². The molecule has 4 heteroatoms. The first-order chi connectivity index (χ1) is 8.24. The fourth-order valence-electron chi connectivity index (χ4n) is 2.29. The molecule has 2 nitrogen and oxygen atoms in total. The van der Waals surface area contributed by atoms with E-state index in [1.54, 1.807) is 6.20 Å². The summed E-state index contributed by atoms with van der Waals surface area (Å²) in [4.78, 5) is 6.43. The number of fused-ring (bicyclic) bond motifs is 1. The van der Waals surface area contributed by atoms with Crippen LogP contribution in [0.4, 0.5) is 10.2 Å². The molecule has 1 aliphatic rings. The second kappa shape index (κ2) is 4.26. The summed E-state index contributed by atoms with van der Waals surface area (Å²) in [7, 11) is 0. The van der Waals surface area contributed by atoms with Gasteiger partial charge in [-0.3, -0.25) is 0 Å². The minimum atomic E-state index is -0.720. The fraction of sp³-hybridized carbons (Fsp3) is 0.308. The zero-order valence-corrected chi connectivity index (χ0v) is 10.8. The Bertz CT molecular complexity index is 558. The highest BCUT2D eigenvalue weighted by Gasteiger charge is 2.23. The maximum Gasteiger partial charge on any atom is 0.136 e. The van der Waals surface area contributed by atoms with Crippen LogP contribution in [0, 0.1) is 0 Å². The second-order valence-electron chi connectivity index (χ2n) is 4.33. The zero-order valence-electron chi connectivity index (χ0n) is 9.24. The average Bonchev–Trinajstić information content (AvgIpc) is 2.74. The van der Waals surface area contributed by atoms with Gasteiger partial charge in [-0.1, -0.05) is 15.9 Å². The Balaban J connectivity index is 2.10. The molecule has 1 fully saturated rings. The van der Waals surface area contributed by atoms with E-state index in [-0.39, 0.29) is 0 Å². The SMILES string of the molecule is F[C@@H]1CCN(c2nccc3cc(Br)ccc23)C1. The predicted octanol–water partition coefficient (Wildman–Crippen LogP) is 3.55. The molecule has 17 heavy (non-hydrogen) atoms. The number of benzene rings is 1. The zero-order chi connectivity index (χ0) is 11.8. The van der Waals surface area contributed by atoms with E-state index in [0.717, 1.165) is 27.6 Å². The number of pyridine rings is 1. The van der Waals surface area contributed by atoms with Gasteiger partial charge in [-0.15, -0.1) is 0 Å². The van der Waals surface area contributed by atoms with Crippen LogP contribution in [0.2, 0.25) is 0 Å². The van der Waals surface area contributed by atoms with Gasteiger partial charge in [0.15, 0.2) is 0 Å². The van der Waals surface area contributed by atoms with Gasteiger partial charge in [-0.2, -0.15) is 0 Å². The molecule has 1 saturated heterocycles. The summed E-state index contributed by atoms with van der Waals surface area (Å²) in [6.45, 7) is 1.21. The molecule has 0 N–H and O–H groups in total. The molecule has 88 valence electrons. The number of nitrogens with zero attached hydrogens (tertiary/aromatic N) is 2. The maximum atomic E-state index is 13.2. The Morgan fingerprint density at radius 3 is 3.00 bits per heavy atom. The van der Waals surface area contributed by atoms with Crippen molar-refractivity contribution in [2.75, 3.05) is 18.0 Å². The van der Waals surface area contributed by atoms with Gasteiger partial charge in [-0.05, 0) is 36.1 Å². The number of rotatable bonds is 1. The highest BCUT2D eigenvalue weighted by molar-refractivity contribution is 9.10. The summed E-state index contributed by atoms with van der Waals surface area (Å²) in [6, 6.07) is 8.07. The number of halogens is 2. The first-order valence-electron chi connectivity index (χ1n) is 5.67. The van der Waals surface area contributed by atoms with Gasteiger partial charge >= 0.3 is 0 Å². The summed E-state index contributed by atoms with van der Waals surface area (Å²) >= 11 is 3.46. The Morgan fingerprint density at radius 1 is 1.35 bits per heavy atom. The minimum absolute atomic E-state index is 0.460. The average molecular weight is 295 g/mol. The lowest BCUT2D eigenvalue weighted by atomic mass is 10.1. The van der Waals surface area contributed by atoms with E-state index >= 15 is 0 Å². The van der Waals surface area contributed by atoms with E-state index in [2.05, 4.69) is 27.0 Å². The van der Waals surface area contributed by atoms with Crippen molar-refractivity contribution in [2.45, 2.75) is 12.6 Å². The number of aromatic nitrogens is 1. The van der Waals surface area contributed by atoms with Crippen molar-refractivity contribution in [3.05, 3.63) is 34.9 Å².